The summed E-state index contributed by atoms with van der Waals surface area (Å²) in [4.78, 5) is 62.5. The molecule has 3 saturated carbocycles. The molecule has 2 amide bonds. The molecule has 2 aromatic rings. The Bertz CT molecular complexity index is 1840. The third kappa shape index (κ3) is 7.77. The van der Waals surface area contributed by atoms with Crippen molar-refractivity contribution in [1.29, 1.82) is 0 Å². The molecule has 0 radical (unpaired) electrons. The molecule has 4 fully saturated rings. The maximum atomic E-state index is 14.8. The monoisotopic (exact) mass is 733 g/mol. The van der Waals surface area contributed by atoms with Gasteiger partial charge in [0, 0.05) is 24.4 Å². The van der Waals surface area contributed by atoms with Crippen molar-refractivity contribution in [1.82, 2.24) is 14.6 Å². The number of fused-ring (bicyclic) bond motifs is 3. The highest BCUT2D eigenvalue weighted by molar-refractivity contribution is 7.90. The van der Waals surface area contributed by atoms with E-state index in [-0.39, 0.29) is 55.4 Å². The Kier molecular flexibility index (Phi) is 10.5. The van der Waals surface area contributed by atoms with Crippen LogP contribution in [-0.4, -0.2) is 71.9 Å². The second kappa shape index (κ2) is 14.9. The standard InChI is InChI=1S/C40H51N3O8S/c1-3-29-22-40(29,39(47)42-52(48,49)31-15-16-31)23-35(44)34-20-30-24-43(34)38(46)33(27-11-5-4-6-12-27)21-36(45)50-25(2)9-7-8-10-26-13-14-28-17-18-41-37(51-30)32(28)19-26/h3,13-14,17-19,25,27,29-31,33-34H,1,4-12,15-16,20-24H2,2H3,(H,42,47)/t25-,29+,30-,33+,34+,40-/m1/s1. The molecular formula is C40H51N3O8S. The maximum Gasteiger partial charge on any atom is 0.306 e. The Labute approximate surface area is 306 Å². The van der Waals surface area contributed by atoms with Gasteiger partial charge in [0.15, 0.2) is 5.78 Å². The van der Waals surface area contributed by atoms with E-state index in [2.05, 4.69) is 28.4 Å². The number of rotatable bonds is 8. The van der Waals surface area contributed by atoms with E-state index in [4.69, 9.17) is 9.47 Å². The normalized spacial score (nSPS) is 30.6. The SMILES string of the molecule is C=C[C@H]1C[C@]1(CC(=O)[C@@H]1C[C@@H]2CN1C(=O)[C@H](C1CCCCC1)CC(=O)O[C@H](C)CCCCc1ccc3ccnc(c3c1)O2)C(=O)NS(=O)(=O)C1CC1. The van der Waals surface area contributed by atoms with Gasteiger partial charge in [0.1, 0.15) is 6.10 Å². The summed E-state index contributed by atoms with van der Waals surface area (Å²) < 4.78 is 40.2. The van der Waals surface area contributed by atoms with Crippen LogP contribution in [0.3, 0.4) is 0 Å². The minimum absolute atomic E-state index is 0.0260. The van der Waals surface area contributed by atoms with Gasteiger partial charge in [0.05, 0.1) is 41.7 Å². The van der Waals surface area contributed by atoms with Crippen molar-refractivity contribution in [3.8, 4) is 5.88 Å². The number of ketones is 1. The van der Waals surface area contributed by atoms with E-state index in [9.17, 15) is 27.6 Å². The Morgan fingerprint density at radius 1 is 1.04 bits per heavy atom. The van der Waals surface area contributed by atoms with Crippen molar-refractivity contribution in [3.05, 3.63) is 48.7 Å². The van der Waals surface area contributed by atoms with Crippen LogP contribution in [0.2, 0.25) is 0 Å². The van der Waals surface area contributed by atoms with Crippen molar-refractivity contribution in [3.63, 3.8) is 0 Å². The second-order valence-electron chi connectivity index (χ2n) is 15.9. The van der Waals surface area contributed by atoms with Crippen LogP contribution in [0.4, 0.5) is 0 Å². The van der Waals surface area contributed by atoms with Crippen LogP contribution < -0.4 is 9.46 Å². The Hall–Kier alpha value is -3.80. The number of hydrogen-bond acceptors (Lipinski definition) is 9. The molecular weight excluding hydrogens is 683 g/mol. The van der Waals surface area contributed by atoms with Gasteiger partial charge in [-0.3, -0.25) is 23.9 Å². The van der Waals surface area contributed by atoms with E-state index in [0.717, 1.165) is 67.7 Å². The minimum atomic E-state index is -3.83. The summed E-state index contributed by atoms with van der Waals surface area (Å²) in [6.07, 6.45) is 11.6. The molecule has 1 aromatic heterocycles. The van der Waals surface area contributed by atoms with Crippen molar-refractivity contribution in [2.45, 2.75) is 127 Å². The molecule has 280 valence electrons. The average molecular weight is 734 g/mol. The van der Waals surface area contributed by atoms with Crippen molar-refractivity contribution in [2.24, 2.45) is 23.2 Å². The summed E-state index contributed by atoms with van der Waals surface area (Å²) in [5.41, 5.74) is -0.118. The van der Waals surface area contributed by atoms with Gasteiger partial charge in [-0.2, -0.15) is 0 Å². The number of pyridine rings is 1. The van der Waals surface area contributed by atoms with Gasteiger partial charge in [-0.05, 0) is 99.6 Å². The maximum absolute atomic E-state index is 14.8. The number of carbonyl (C=O) groups is 4. The number of ether oxygens (including phenoxy) is 2. The first kappa shape index (κ1) is 36.6. The molecule has 0 unspecified atom stereocenters. The van der Waals surface area contributed by atoms with Crippen molar-refractivity contribution < 1.29 is 37.1 Å². The number of cyclic esters (lactones) is 1. The predicted octanol–water partition coefficient (Wildman–Crippen LogP) is 5.59. The smallest absolute Gasteiger partial charge is 0.306 e. The second-order valence-corrected chi connectivity index (χ2v) is 17.9. The topological polar surface area (TPSA) is 149 Å². The summed E-state index contributed by atoms with van der Waals surface area (Å²) in [6.45, 7) is 5.86. The highest BCUT2D eigenvalue weighted by Gasteiger charge is 2.61. The van der Waals surface area contributed by atoms with E-state index in [1.165, 1.54) is 0 Å². The first-order chi connectivity index (χ1) is 25.0. The molecule has 7 rings (SSSR count). The van der Waals surface area contributed by atoms with Crippen LogP contribution in [0.5, 0.6) is 5.88 Å². The summed E-state index contributed by atoms with van der Waals surface area (Å²) in [5.74, 6) is -2.33. The molecule has 5 aliphatic rings. The van der Waals surface area contributed by atoms with Gasteiger partial charge < -0.3 is 14.4 Å². The number of benzene rings is 1. The van der Waals surface area contributed by atoms with Gasteiger partial charge in [-0.25, -0.2) is 13.4 Å². The Balaban J connectivity index is 1.21. The number of hydrogen-bond donors (Lipinski definition) is 1. The molecule has 11 nitrogen and oxygen atoms in total. The van der Waals surface area contributed by atoms with Gasteiger partial charge >= 0.3 is 5.97 Å². The molecule has 12 heteroatoms. The number of esters is 1. The number of carbonyl (C=O) groups excluding carboxylic acids is 4. The van der Waals surface area contributed by atoms with Gasteiger partial charge in [-0.15, -0.1) is 6.58 Å². The fourth-order valence-electron chi connectivity index (χ4n) is 8.81. The third-order valence-electron chi connectivity index (χ3n) is 12.1. The lowest BCUT2D eigenvalue weighted by Gasteiger charge is -2.34. The number of amides is 2. The van der Waals surface area contributed by atoms with E-state index in [1.807, 2.05) is 19.1 Å². The average Bonchev–Trinajstić information content (AvgIpc) is 4.06. The number of aromatic nitrogens is 1. The third-order valence-corrected chi connectivity index (χ3v) is 13.9. The largest absolute Gasteiger partial charge is 0.472 e. The lowest BCUT2D eigenvalue weighted by atomic mass is 9.77. The molecule has 2 aliphatic heterocycles. The zero-order chi connectivity index (χ0) is 36.6. The number of allylic oxidation sites excluding steroid dienone is 1. The number of nitrogens with one attached hydrogen (secondary N) is 1. The molecule has 4 bridgehead atoms. The molecule has 0 spiro atoms. The molecule has 1 saturated heterocycles. The van der Waals surface area contributed by atoms with Crippen LogP contribution >= 0.6 is 0 Å². The molecule has 3 heterocycles. The first-order valence-corrected chi connectivity index (χ1v) is 20.8. The lowest BCUT2D eigenvalue weighted by Crippen LogP contribution is -2.48. The molecule has 3 aliphatic carbocycles. The van der Waals surface area contributed by atoms with Crippen LogP contribution in [0, 0.1) is 23.2 Å². The van der Waals surface area contributed by atoms with E-state index >= 15 is 0 Å². The fourth-order valence-corrected chi connectivity index (χ4v) is 10.2. The van der Waals surface area contributed by atoms with E-state index in [0.29, 0.717) is 31.6 Å². The number of nitrogens with zero attached hydrogens (tertiary/aromatic N) is 2. The molecule has 52 heavy (non-hydrogen) atoms. The zero-order valence-electron chi connectivity index (χ0n) is 30.1. The summed E-state index contributed by atoms with van der Waals surface area (Å²) in [6, 6.07) is 7.23. The summed E-state index contributed by atoms with van der Waals surface area (Å²) in [5, 5.41) is 1.24. The highest BCUT2D eigenvalue weighted by atomic mass is 32.2. The van der Waals surface area contributed by atoms with Crippen LogP contribution in [0.1, 0.15) is 102 Å². The quantitative estimate of drug-likeness (QED) is 0.271. The Morgan fingerprint density at radius 2 is 1.81 bits per heavy atom. The van der Waals surface area contributed by atoms with E-state index < -0.39 is 50.6 Å². The zero-order valence-corrected chi connectivity index (χ0v) is 30.9. The molecule has 1 N–H and O–H groups in total. The van der Waals surface area contributed by atoms with Crippen molar-refractivity contribution in [2.75, 3.05) is 6.54 Å². The highest BCUT2D eigenvalue weighted by Crippen LogP contribution is 2.57. The minimum Gasteiger partial charge on any atom is -0.472 e. The Morgan fingerprint density at radius 3 is 2.54 bits per heavy atom. The van der Waals surface area contributed by atoms with Gasteiger partial charge in [0.2, 0.25) is 27.7 Å². The van der Waals surface area contributed by atoms with Gasteiger partial charge in [0.25, 0.3) is 0 Å². The van der Waals surface area contributed by atoms with E-state index in [1.54, 1.807) is 17.2 Å². The summed E-state index contributed by atoms with van der Waals surface area (Å²) >= 11 is 0. The fraction of sp³-hybridized carbons (Fsp3) is 0.625. The molecule has 6 atom stereocenters. The predicted molar refractivity (Wildman–Crippen MR) is 195 cm³/mol. The van der Waals surface area contributed by atoms with Crippen LogP contribution in [0.25, 0.3) is 10.8 Å². The van der Waals surface area contributed by atoms with Gasteiger partial charge in [-0.1, -0.05) is 37.5 Å². The van der Waals surface area contributed by atoms with Crippen LogP contribution in [-0.2, 0) is 40.4 Å². The summed E-state index contributed by atoms with van der Waals surface area (Å²) in [7, 11) is -3.83. The van der Waals surface area contributed by atoms with Crippen molar-refractivity contribution >= 4 is 44.4 Å². The lowest BCUT2D eigenvalue weighted by molar-refractivity contribution is -0.155. The molecule has 1 aromatic carbocycles. The number of aryl methyl sites for hydroxylation is 1. The number of Topliss-reactive ketones (excluding diaryl/α,β-unsaturated/α-hetero) is 1. The number of sulfonamides is 1. The van der Waals surface area contributed by atoms with Crippen LogP contribution in [0.15, 0.2) is 43.1 Å². The first-order valence-electron chi connectivity index (χ1n) is 19.2.